The second kappa shape index (κ2) is 6.82. The van der Waals surface area contributed by atoms with Gasteiger partial charge in [0.1, 0.15) is 11.5 Å². The minimum Gasteiger partial charge on any atom is -0.349 e. The third kappa shape index (κ3) is 4.38. The standard InChI is InChI=1S/C11H19N5O/c1-3-16(2)8-7-13-11(17)9-5-4-6-10(14-9)15-12/h4-6H,3,7-8,12H2,1-2H3,(H,13,17)(H,14,15). The number of carbonyl (C=O) groups is 1. The number of carbonyl (C=O) groups excluding carboxylic acids is 1. The normalized spacial score (nSPS) is 10.4. The Labute approximate surface area is 101 Å². The Morgan fingerprint density at radius 3 is 2.94 bits per heavy atom. The molecule has 0 aliphatic rings. The van der Waals surface area contributed by atoms with Crippen LogP contribution in [0.4, 0.5) is 5.82 Å². The van der Waals surface area contributed by atoms with Crippen molar-refractivity contribution in [2.24, 2.45) is 5.84 Å². The maximum Gasteiger partial charge on any atom is 0.270 e. The Balaban J connectivity index is 2.46. The molecule has 0 saturated carbocycles. The van der Waals surface area contributed by atoms with Gasteiger partial charge in [0.15, 0.2) is 0 Å². The van der Waals surface area contributed by atoms with Gasteiger partial charge in [0.2, 0.25) is 0 Å². The molecule has 0 aromatic carbocycles. The number of hydrazine groups is 1. The number of pyridine rings is 1. The fourth-order valence-electron chi connectivity index (χ4n) is 1.25. The molecule has 1 rings (SSSR count). The van der Waals surface area contributed by atoms with Crippen molar-refractivity contribution in [1.82, 2.24) is 15.2 Å². The number of nitrogens with zero attached hydrogens (tertiary/aromatic N) is 2. The first-order valence-electron chi connectivity index (χ1n) is 5.57. The number of aromatic nitrogens is 1. The fourth-order valence-corrected chi connectivity index (χ4v) is 1.25. The average Bonchev–Trinajstić information content (AvgIpc) is 2.38. The summed E-state index contributed by atoms with van der Waals surface area (Å²) >= 11 is 0. The molecule has 17 heavy (non-hydrogen) atoms. The summed E-state index contributed by atoms with van der Waals surface area (Å²) in [5.41, 5.74) is 2.77. The molecule has 0 unspecified atom stereocenters. The molecule has 4 N–H and O–H groups in total. The second-order valence-electron chi connectivity index (χ2n) is 3.70. The molecule has 1 aromatic heterocycles. The lowest BCUT2D eigenvalue weighted by Gasteiger charge is -2.13. The number of nitrogen functional groups attached to an aromatic ring is 1. The Hall–Kier alpha value is -1.66. The van der Waals surface area contributed by atoms with Crippen molar-refractivity contribution in [3.05, 3.63) is 23.9 Å². The van der Waals surface area contributed by atoms with E-state index in [0.717, 1.165) is 13.1 Å². The predicted molar refractivity (Wildman–Crippen MR) is 67.6 cm³/mol. The van der Waals surface area contributed by atoms with Gasteiger partial charge in [0.05, 0.1) is 0 Å². The van der Waals surface area contributed by atoms with Gasteiger partial charge in [-0.2, -0.15) is 0 Å². The molecule has 1 heterocycles. The molecule has 1 aromatic rings. The molecule has 0 aliphatic heterocycles. The lowest BCUT2D eigenvalue weighted by atomic mass is 10.3. The predicted octanol–water partition coefficient (Wildman–Crippen LogP) is 0.0487. The van der Waals surface area contributed by atoms with Crippen molar-refractivity contribution < 1.29 is 4.79 Å². The monoisotopic (exact) mass is 237 g/mol. The third-order valence-corrected chi connectivity index (χ3v) is 2.45. The zero-order valence-electron chi connectivity index (χ0n) is 10.2. The van der Waals surface area contributed by atoms with E-state index in [-0.39, 0.29) is 5.91 Å². The van der Waals surface area contributed by atoms with Crippen LogP contribution in [0.5, 0.6) is 0 Å². The zero-order chi connectivity index (χ0) is 12.7. The van der Waals surface area contributed by atoms with E-state index >= 15 is 0 Å². The first kappa shape index (κ1) is 13.4. The number of rotatable bonds is 6. The number of hydrogen-bond donors (Lipinski definition) is 3. The summed E-state index contributed by atoms with van der Waals surface area (Å²) in [6.45, 7) is 4.45. The van der Waals surface area contributed by atoms with Gasteiger partial charge in [-0.15, -0.1) is 0 Å². The lowest BCUT2D eigenvalue weighted by molar-refractivity contribution is 0.0945. The Bertz CT molecular complexity index is 369. The van der Waals surface area contributed by atoms with Crippen molar-refractivity contribution in [3.63, 3.8) is 0 Å². The van der Waals surface area contributed by atoms with Crippen LogP contribution in [-0.4, -0.2) is 42.5 Å². The number of amides is 1. The van der Waals surface area contributed by atoms with E-state index in [1.165, 1.54) is 0 Å². The van der Waals surface area contributed by atoms with Crippen LogP contribution in [0.15, 0.2) is 18.2 Å². The summed E-state index contributed by atoms with van der Waals surface area (Å²) < 4.78 is 0. The molecule has 6 heteroatoms. The molecular weight excluding hydrogens is 218 g/mol. The topological polar surface area (TPSA) is 83.3 Å². The zero-order valence-corrected chi connectivity index (χ0v) is 10.2. The molecule has 6 nitrogen and oxygen atoms in total. The summed E-state index contributed by atoms with van der Waals surface area (Å²) in [5, 5.41) is 2.80. The van der Waals surface area contributed by atoms with Gasteiger partial charge in [-0.3, -0.25) is 4.79 Å². The van der Waals surface area contributed by atoms with E-state index in [4.69, 9.17) is 5.84 Å². The van der Waals surface area contributed by atoms with Crippen molar-refractivity contribution in [3.8, 4) is 0 Å². The van der Waals surface area contributed by atoms with Gasteiger partial charge in [0, 0.05) is 13.1 Å². The second-order valence-corrected chi connectivity index (χ2v) is 3.70. The van der Waals surface area contributed by atoms with Gasteiger partial charge in [-0.25, -0.2) is 10.8 Å². The summed E-state index contributed by atoms with van der Waals surface area (Å²) in [6.07, 6.45) is 0. The van der Waals surface area contributed by atoms with Crippen LogP contribution in [0, 0.1) is 0 Å². The van der Waals surface area contributed by atoms with Crippen molar-refractivity contribution in [2.75, 3.05) is 32.1 Å². The van der Waals surface area contributed by atoms with Crippen LogP contribution < -0.4 is 16.6 Å². The van der Waals surface area contributed by atoms with Crippen LogP contribution in [0.1, 0.15) is 17.4 Å². The van der Waals surface area contributed by atoms with E-state index in [1.54, 1.807) is 18.2 Å². The summed E-state index contributed by atoms with van der Waals surface area (Å²) in [6, 6.07) is 5.08. The largest absolute Gasteiger partial charge is 0.349 e. The van der Waals surface area contributed by atoms with E-state index in [9.17, 15) is 4.79 Å². The van der Waals surface area contributed by atoms with Crippen molar-refractivity contribution in [1.29, 1.82) is 0 Å². The Morgan fingerprint density at radius 1 is 1.53 bits per heavy atom. The molecule has 0 bridgehead atoms. The SMILES string of the molecule is CCN(C)CCNC(=O)c1cccc(NN)n1. The lowest BCUT2D eigenvalue weighted by Crippen LogP contribution is -2.33. The third-order valence-electron chi connectivity index (χ3n) is 2.45. The number of hydrogen-bond acceptors (Lipinski definition) is 5. The van der Waals surface area contributed by atoms with Gasteiger partial charge in [-0.05, 0) is 25.7 Å². The molecular formula is C11H19N5O. The van der Waals surface area contributed by atoms with Crippen LogP contribution >= 0.6 is 0 Å². The number of likely N-dealkylation sites (N-methyl/N-ethyl adjacent to an activating group) is 1. The van der Waals surface area contributed by atoms with Crippen molar-refractivity contribution >= 4 is 11.7 Å². The van der Waals surface area contributed by atoms with Gasteiger partial charge < -0.3 is 15.6 Å². The van der Waals surface area contributed by atoms with Gasteiger partial charge in [0.25, 0.3) is 5.91 Å². The average molecular weight is 237 g/mol. The maximum atomic E-state index is 11.7. The molecule has 94 valence electrons. The first-order valence-corrected chi connectivity index (χ1v) is 5.57. The molecule has 0 atom stereocenters. The minimum absolute atomic E-state index is 0.188. The number of nitrogens with two attached hydrogens (primary N) is 1. The van der Waals surface area contributed by atoms with Crippen LogP contribution in [0.3, 0.4) is 0 Å². The Kier molecular flexibility index (Phi) is 5.38. The smallest absolute Gasteiger partial charge is 0.270 e. The molecule has 0 spiro atoms. The highest BCUT2D eigenvalue weighted by Gasteiger charge is 2.07. The van der Waals surface area contributed by atoms with Gasteiger partial charge >= 0.3 is 0 Å². The molecule has 1 amide bonds. The van der Waals surface area contributed by atoms with E-state index < -0.39 is 0 Å². The molecule has 0 fully saturated rings. The highest BCUT2D eigenvalue weighted by Crippen LogP contribution is 2.02. The van der Waals surface area contributed by atoms with Crippen LogP contribution in [-0.2, 0) is 0 Å². The minimum atomic E-state index is -0.188. The summed E-state index contributed by atoms with van der Waals surface area (Å²) in [5.74, 6) is 5.51. The van der Waals surface area contributed by atoms with E-state index in [2.05, 4.69) is 27.6 Å². The molecule has 0 aliphatic carbocycles. The molecule has 0 saturated heterocycles. The van der Waals surface area contributed by atoms with Crippen LogP contribution in [0.2, 0.25) is 0 Å². The number of nitrogens with one attached hydrogen (secondary N) is 2. The first-order chi connectivity index (χ1) is 8.17. The quantitative estimate of drug-likeness (QED) is 0.481. The maximum absolute atomic E-state index is 11.7. The number of anilines is 1. The van der Waals surface area contributed by atoms with Gasteiger partial charge in [-0.1, -0.05) is 13.0 Å². The van der Waals surface area contributed by atoms with E-state index in [0.29, 0.717) is 18.1 Å². The summed E-state index contributed by atoms with van der Waals surface area (Å²) in [4.78, 5) is 17.9. The van der Waals surface area contributed by atoms with E-state index in [1.807, 2.05) is 7.05 Å². The Morgan fingerprint density at radius 2 is 2.29 bits per heavy atom. The fraction of sp³-hybridized carbons (Fsp3) is 0.455. The van der Waals surface area contributed by atoms with Crippen LogP contribution in [0.25, 0.3) is 0 Å². The summed E-state index contributed by atoms with van der Waals surface area (Å²) in [7, 11) is 2.00. The van der Waals surface area contributed by atoms with Crippen molar-refractivity contribution in [2.45, 2.75) is 6.92 Å². The molecule has 0 radical (unpaired) electrons. The highest BCUT2D eigenvalue weighted by atomic mass is 16.1. The highest BCUT2D eigenvalue weighted by molar-refractivity contribution is 5.92.